The number of hydrogen-bond acceptors (Lipinski definition) is 4. The second-order valence-corrected chi connectivity index (χ2v) is 6.66. The van der Waals surface area contributed by atoms with Crippen molar-refractivity contribution in [3.63, 3.8) is 0 Å². The van der Waals surface area contributed by atoms with Crippen LogP contribution in [0.4, 0.5) is 0 Å². The lowest BCUT2D eigenvalue weighted by Gasteiger charge is -2.21. The summed E-state index contributed by atoms with van der Waals surface area (Å²) in [5, 5.41) is 0. The van der Waals surface area contributed by atoms with E-state index >= 15 is 0 Å². The van der Waals surface area contributed by atoms with Gasteiger partial charge in [0.1, 0.15) is 0 Å². The van der Waals surface area contributed by atoms with E-state index in [1.807, 2.05) is 6.92 Å². The van der Waals surface area contributed by atoms with Gasteiger partial charge in [-0.3, -0.25) is 0 Å². The number of hydrogen-bond donors (Lipinski definition) is 1. The lowest BCUT2D eigenvalue weighted by molar-refractivity contribution is 0.126. The van der Waals surface area contributed by atoms with Crippen molar-refractivity contribution in [2.75, 3.05) is 25.4 Å². The predicted octanol–water partition coefficient (Wildman–Crippen LogP) is 0.493. The summed E-state index contributed by atoms with van der Waals surface area (Å²) in [5.74, 6) is 0.0676. The highest BCUT2D eigenvalue weighted by molar-refractivity contribution is 7.89. The van der Waals surface area contributed by atoms with Crippen molar-refractivity contribution in [1.82, 2.24) is 4.31 Å². The molecule has 0 radical (unpaired) electrons. The molecule has 1 aliphatic heterocycles. The molecule has 0 aromatic heterocycles. The van der Waals surface area contributed by atoms with Crippen molar-refractivity contribution in [2.24, 2.45) is 5.73 Å². The first kappa shape index (κ1) is 14.8. The molecule has 0 amide bonds. The van der Waals surface area contributed by atoms with Gasteiger partial charge in [-0.15, -0.1) is 0 Å². The summed E-state index contributed by atoms with van der Waals surface area (Å²) in [6.07, 6.45) is 2.04. The molecule has 0 saturated carbocycles. The zero-order valence-corrected chi connectivity index (χ0v) is 11.7. The van der Waals surface area contributed by atoms with Gasteiger partial charge in [0.05, 0.1) is 16.8 Å². The fourth-order valence-electron chi connectivity index (χ4n) is 1.84. The topological polar surface area (TPSA) is 72.6 Å². The summed E-state index contributed by atoms with van der Waals surface area (Å²) in [5.41, 5.74) is 5.39. The van der Waals surface area contributed by atoms with E-state index in [9.17, 15) is 8.42 Å². The lowest BCUT2D eigenvalue weighted by Crippen LogP contribution is -2.38. The van der Waals surface area contributed by atoms with Crippen LogP contribution in [0.15, 0.2) is 0 Å². The average molecular weight is 280 g/mol. The van der Waals surface area contributed by atoms with Gasteiger partial charge in [0.25, 0.3) is 0 Å². The Balaban J connectivity index is 2.55. The van der Waals surface area contributed by atoms with Crippen molar-refractivity contribution in [2.45, 2.75) is 32.3 Å². The number of sulfonamides is 1. The Morgan fingerprint density at radius 1 is 1.59 bits per heavy atom. The molecule has 0 bridgehead atoms. The molecular weight excluding hydrogens is 260 g/mol. The zero-order valence-electron chi connectivity index (χ0n) is 10.1. The van der Waals surface area contributed by atoms with E-state index in [1.54, 1.807) is 0 Å². The van der Waals surface area contributed by atoms with Gasteiger partial charge in [0.15, 0.2) is 0 Å². The summed E-state index contributed by atoms with van der Waals surface area (Å²) < 4.78 is 31.0. The fourth-order valence-corrected chi connectivity index (χ4v) is 3.64. The second kappa shape index (κ2) is 6.63. The van der Waals surface area contributed by atoms with Gasteiger partial charge in [-0.25, -0.2) is 12.7 Å². The first-order chi connectivity index (χ1) is 7.95. The van der Waals surface area contributed by atoms with Crippen LogP contribution in [0.5, 0.6) is 0 Å². The Labute approximate surface area is 108 Å². The molecule has 1 heterocycles. The summed E-state index contributed by atoms with van der Waals surface area (Å²) in [6, 6.07) is 0. The maximum absolute atomic E-state index is 12.1. The Morgan fingerprint density at radius 2 is 2.29 bits per heavy atom. The van der Waals surface area contributed by atoms with Gasteiger partial charge < -0.3 is 10.5 Å². The zero-order chi connectivity index (χ0) is 12.9. The van der Waals surface area contributed by atoms with Crippen LogP contribution in [0.25, 0.3) is 0 Å². The van der Waals surface area contributed by atoms with E-state index in [0.717, 1.165) is 12.8 Å². The quantitative estimate of drug-likeness (QED) is 0.687. The number of thiocarbonyl (C=S) groups is 1. The van der Waals surface area contributed by atoms with E-state index in [4.69, 9.17) is 22.7 Å². The van der Waals surface area contributed by atoms with Crippen molar-refractivity contribution in [3.8, 4) is 0 Å². The van der Waals surface area contributed by atoms with Gasteiger partial charge in [0.2, 0.25) is 10.0 Å². The number of nitrogens with zero attached hydrogens (tertiary/aromatic N) is 1. The molecule has 0 aliphatic carbocycles. The van der Waals surface area contributed by atoms with Gasteiger partial charge in [-0.05, 0) is 12.8 Å². The number of rotatable bonds is 7. The summed E-state index contributed by atoms with van der Waals surface area (Å²) in [7, 11) is -3.26. The molecule has 1 atom stereocenters. The molecule has 7 heteroatoms. The molecule has 2 N–H and O–H groups in total. The minimum absolute atomic E-state index is 0.0676. The van der Waals surface area contributed by atoms with Crippen molar-refractivity contribution in [1.29, 1.82) is 0 Å². The number of ether oxygens (including phenoxy) is 1. The molecule has 1 fully saturated rings. The largest absolute Gasteiger partial charge is 0.393 e. The monoisotopic (exact) mass is 280 g/mol. The van der Waals surface area contributed by atoms with Gasteiger partial charge in [-0.2, -0.15) is 0 Å². The first-order valence-electron chi connectivity index (χ1n) is 5.83. The van der Waals surface area contributed by atoms with Gasteiger partial charge in [-0.1, -0.05) is 19.1 Å². The van der Waals surface area contributed by atoms with E-state index < -0.39 is 10.0 Å². The summed E-state index contributed by atoms with van der Waals surface area (Å²) in [6.45, 7) is 3.28. The third-order valence-electron chi connectivity index (χ3n) is 2.77. The molecule has 1 aliphatic rings. The molecule has 5 nitrogen and oxygen atoms in total. The molecular formula is C10H20N2O3S2. The van der Waals surface area contributed by atoms with E-state index in [0.29, 0.717) is 31.1 Å². The van der Waals surface area contributed by atoms with Crippen LogP contribution in [0, 0.1) is 0 Å². The highest BCUT2D eigenvalue weighted by Gasteiger charge is 2.27. The SMILES string of the molecule is CCN(CCC(N)=S)S(=O)(=O)CC1CCCO1. The maximum atomic E-state index is 12.1. The van der Waals surface area contributed by atoms with Crippen molar-refractivity contribution >= 4 is 27.2 Å². The molecule has 1 unspecified atom stereocenters. The lowest BCUT2D eigenvalue weighted by atomic mass is 10.3. The Morgan fingerprint density at radius 3 is 2.76 bits per heavy atom. The van der Waals surface area contributed by atoms with Crippen LogP contribution < -0.4 is 5.73 Å². The average Bonchev–Trinajstić information content (AvgIpc) is 2.69. The summed E-state index contributed by atoms with van der Waals surface area (Å²) in [4.78, 5) is 0.343. The van der Waals surface area contributed by atoms with Crippen LogP contribution in [-0.2, 0) is 14.8 Å². The summed E-state index contributed by atoms with van der Waals surface area (Å²) >= 11 is 4.76. The molecule has 1 saturated heterocycles. The highest BCUT2D eigenvalue weighted by Crippen LogP contribution is 2.16. The second-order valence-electron chi connectivity index (χ2n) is 4.12. The van der Waals surface area contributed by atoms with Gasteiger partial charge in [0, 0.05) is 26.1 Å². The molecule has 17 heavy (non-hydrogen) atoms. The van der Waals surface area contributed by atoms with Crippen molar-refractivity contribution < 1.29 is 13.2 Å². The van der Waals surface area contributed by atoms with Crippen LogP contribution in [0.2, 0.25) is 0 Å². The molecule has 100 valence electrons. The first-order valence-corrected chi connectivity index (χ1v) is 7.85. The minimum Gasteiger partial charge on any atom is -0.393 e. The molecule has 0 aromatic rings. The molecule has 0 aromatic carbocycles. The number of nitrogens with two attached hydrogens (primary N) is 1. The Bertz CT molecular complexity index is 351. The van der Waals surface area contributed by atoms with Crippen molar-refractivity contribution in [3.05, 3.63) is 0 Å². The van der Waals surface area contributed by atoms with Crippen LogP contribution in [-0.4, -0.2) is 49.3 Å². The Hall–Kier alpha value is -0.240. The van der Waals surface area contributed by atoms with Crippen LogP contribution in [0.1, 0.15) is 26.2 Å². The van der Waals surface area contributed by atoms with Crippen LogP contribution >= 0.6 is 12.2 Å². The normalized spacial score (nSPS) is 20.9. The van der Waals surface area contributed by atoms with Crippen LogP contribution in [0.3, 0.4) is 0 Å². The standard InChI is InChI=1S/C10H20N2O3S2/c1-2-12(6-5-10(11)16)17(13,14)8-9-4-3-7-15-9/h9H,2-8H2,1H3,(H2,11,16). The van der Waals surface area contributed by atoms with E-state index in [2.05, 4.69) is 0 Å². The van der Waals surface area contributed by atoms with E-state index in [-0.39, 0.29) is 11.9 Å². The predicted molar refractivity (Wildman–Crippen MR) is 71.4 cm³/mol. The van der Waals surface area contributed by atoms with Gasteiger partial charge >= 0.3 is 0 Å². The Kier molecular flexibility index (Phi) is 5.78. The molecule has 0 spiro atoms. The third-order valence-corrected chi connectivity index (χ3v) is 5.00. The van der Waals surface area contributed by atoms with E-state index in [1.165, 1.54) is 4.31 Å². The maximum Gasteiger partial charge on any atom is 0.216 e. The smallest absolute Gasteiger partial charge is 0.216 e. The molecule has 1 rings (SSSR count). The minimum atomic E-state index is -3.26. The highest BCUT2D eigenvalue weighted by atomic mass is 32.2. The fraction of sp³-hybridized carbons (Fsp3) is 0.900. The third kappa shape index (κ3) is 4.87.